The number of ether oxygens (including phenoxy) is 3. The number of hydrogen-bond acceptors (Lipinski definition) is 6. The molecule has 2 heterocycles. The fraction of sp³-hybridized carbons (Fsp3) is 0.333. The highest BCUT2D eigenvalue weighted by molar-refractivity contribution is 6.30. The average Bonchev–Trinajstić information content (AvgIpc) is 3.18. The molecule has 3 N–H and O–H groups in total. The predicted octanol–water partition coefficient (Wildman–Crippen LogP) is 3.79. The highest BCUT2D eigenvalue weighted by Crippen LogP contribution is 2.43. The summed E-state index contributed by atoms with van der Waals surface area (Å²) < 4.78 is 16.8. The second-order valence-electron chi connectivity index (χ2n) is 7.78. The van der Waals surface area contributed by atoms with E-state index in [4.69, 9.17) is 25.8 Å². The van der Waals surface area contributed by atoms with Gasteiger partial charge in [-0.1, -0.05) is 29.8 Å². The van der Waals surface area contributed by atoms with E-state index in [1.165, 1.54) is 7.11 Å². The topological polar surface area (TPSA) is 110 Å². The number of fused-ring (bicyclic) bond motifs is 3. The van der Waals surface area contributed by atoms with Crippen LogP contribution in [0.4, 0.5) is 0 Å². The summed E-state index contributed by atoms with van der Waals surface area (Å²) in [5.74, 6) is -1.54. The van der Waals surface area contributed by atoms with Gasteiger partial charge < -0.3 is 24.3 Å². The number of rotatable bonds is 8. The summed E-state index contributed by atoms with van der Waals surface area (Å²) in [5, 5.41) is 14.2. The molecule has 9 heteroatoms. The van der Waals surface area contributed by atoms with Gasteiger partial charge in [0.25, 0.3) is 0 Å². The van der Waals surface area contributed by atoms with Gasteiger partial charge in [-0.15, -0.1) is 0 Å². The van der Waals surface area contributed by atoms with Crippen molar-refractivity contribution < 1.29 is 28.9 Å². The predicted molar refractivity (Wildman–Crippen MR) is 123 cm³/mol. The van der Waals surface area contributed by atoms with Crippen molar-refractivity contribution in [2.45, 2.75) is 31.5 Å². The van der Waals surface area contributed by atoms with E-state index in [0.29, 0.717) is 27.5 Å². The lowest BCUT2D eigenvalue weighted by atomic mass is 9.83. The summed E-state index contributed by atoms with van der Waals surface area (Å²) in [6.07, 6.45) is 0. The second-order valence-corrected chi connectivity index (χ2v) is 8.22. The van der Waals surface area contributed by atoms with E-state index in [9.17, 15) is 14.7 Å². The molecular weight excluding hydrogens is 448 g/mol. The van der Waals surface area contributed by atoms with Gasteiger partial charge in [0.05, 0.1) is 13.2 Å². The molecule has 0 aliphatic carbocycles. The first-order valence-electron chi connectivity index (χ1n) is 10.6. The fourth-order valence-electron chi connectivity index (χ4n) is 4.35. The molecule has 1 aliphatic rings. The molecule has 0 saturated carbocycles. The Bertz CT molecular complexity index is 1180. The Labute approximate surface area is 195 Å². The number of halogens is 1. The summed E-state index contributed by atoms with van der Waals surface area (Å²) in [6, 6.07) is 10.9. The number of aliphatic carboxylic acids is 1. The largest absolute Gasteiger partial charge is 0.488 e. The van der Waals surface area contributed by atoms with Gasteiger partial charge in [-0.2, -0.15) is 0 Å². The Morgan fingerprint density at radius 1 is 1.18 bits per heavy atom. The quantitative estimate of drug-likeness (QED) is 0.428. The van der Waals surface area contributed by atoms with E-state index in [0.717, 1.165) is 10.9 Å². The van der Waals surface area contributed by atoms with Gasteiger partial charge in [0, 0.05) is 34.6 Å². The van der Waals surface area contributed by atoms with Crippen LogP contribution in [0.5, 0.6) is 5.75 Å². The lowest BCUT2D eigenvalue weighted by Gasteiger charge is -2.34. The van der Waals surface area contributed by atoms with Crippen molar-refractivity contribution in [1.29, 1.82) is 0 Å². The molecule has 1 aliphatic heterocycles. The van der Waals surface area contributed by atoms with Crippen LogP contribution in [0.2, 0.25) is 5.02 Å². The van der Waals surface area contributed by atoms with Gasteiger partial charge in [0.2, 0.25) is 0 Å². The van der Waals surface area contributed by atoms with Crippen LogP contribution in [0.15, 0.2) is 42.5 Å². The molecule has 3 unspecified atom stereocenters. The van der Waals surface area contributed by atoms with Crippen LogP contribution in [0.3, 0.4) is 0 Å². The van der Waals surface area contributed by atoms with E-state index < -0.39 is 29.9 Å². The summed E-state index contributed by atoms with van der Waals surface area (Å²) in [4.78, 5) is 28.1. The molecule has 8 nitrogen and oxygen atoms in total. The van der Waals surface area contributed by atoms with E-state index in [2.05, 4.69) is 10.3 Å². The number of hydrogen-bond donors (Lipinski definition) is 3. The summed E-state index contributed by atoms with van der Waals surface area (Å²) >= 11 is 6.09. The van der Waals surface area contributed by atoms with E-state index in [1.54, 1.807) is 13.0 Å². The normalized spacial score (nSPS) is 19.8. The minimum atomic E-state index is -1.12. The molecule has 0 saturated heterocycles. The number of aromatic nitrogens is 1. The average molecular weight is 473 g/mol. The van der Waals surface area contributed by atoms with E-state index in [1.807, 2.05) is 36.4 Å². The lowest BCUT2D eigenvalue weighted by Crippen LogP contribution is -2.51. The molecule has 3 aromatic rings. The third-order valence-corrected chi connectivity index (χ3v) is 5.92. The maximum atomic E-state index is 12.8. The van der Waals surface area contributed by atoms with Gasteiger partial charge in [0.15, 0.2) is 0 Å². The SMILES string of the molecule is CCOC(=O)C1NC(C(=O)O)c2[nH]c3cccc(OCc4cccc(Cl)c4)c3c2C1COC. The summed E-state index contributed by atoms with van der Waals surface area (Å²) in [5.41, 5.74) is 2.76. The minimum Gasteiger partial charge on any atom is -0.488 e. The van der Waals surface area contributed by atoms with Crippen LogP contribution < -0.4 is 10.1 Å². The summed E-state index contributed by atoms with van der Waals surface area (Å²) in [7, 11) is 1.54. The van der Waals surface area contributed by atoms with Crippen LogP contribution in [-0.2, 0) is 25.7 Å². The van der Waals surface area contributed by atoms with Crippen LogP contribution in [-0.4, -0.2) is 48.4 Å². The maximum absolute atomic E-state index is 12.8. The Morgan fingerprint density at radius 3 is 2.67 bits per heavy atom. The number of aromatic amines is 1. The molecule has 3 atom stereocenters. The molecule has 174 valence electrons. The zero-order valence-electron chi connectivity index (χ0n) is 18.3. The number of carboxylic acids is 1. The number of benzene rings is 2. The number of H-pyrrole nitrogens is 1. The third kappa shape index (κ3) is 4.55. The highest BCUT2D eigenvalue weighted by atomic mass is 35.5. The molecule has 0 bridgehead atoms. The molecular formula is C24H25ClN2O6. The lowest BCUT2D eigenvalue weighted by molar-refractivity contribution is -0.148. The Morgan fingerprint density at radius 2 is 1.97 bits per heavy atom. The number of carbonyl (C=O) groups excluding carboxylic acids is 1. The number of nitrogens with one attached hydrogen (secondary N) is 2. The first-order chi connectivity index (χ1) is 15.9. The Hall–Kier alpha value is -3.07. The first-order valence-corrected chi connectivity index (χ1v) is 11.0. The van der Waals surface area contributed by atoms with Crippen LogP contribution in [0.25, 0.3) is 10.9 Å². The van der Waals surface area contributed by atoms with Gasteiger partial charge in [-0.3, -0.25) is 14.9 Å². The van der Waals surface area contributed by atoms with Crippen molar-refractivity contribution in [3.8, 4) is 5.75 Å². The first kappa shape index (κ1) is 23.1. The maximum Gasteiger partial charge on any atom is 0.326 e. The molecule has 0 spiro atoms. The number of carbonyl (C=O) groups is 2. The van der Waals surface area contributed by atoms with Gasteiger partial charge in [0.1, 0.15) is 24.4 Å². The molecule has 2 aromatic carbocycles. The van der Waals surface area contributed by atoms with Gasteiger partial charge >= 0.3 is 11.9 Å². The highest BCUT2D eigenvalue weighted by Gasteiger charge is 2.44. The molecule has 1 aromatic heterocycles. The van der Waals surface area contributed by atoms with E-state index in [-0.39, 0.29) is 19.8 Å². The van der Waals surface area contributed by atoms with Crippen LogP contribution in [0, 0.1) is 0 Å². The molecule has 4 rings (SSSR count). The molecule has 0 amide bonds. The smallest absolute Gasteiger partial charge is 0.326 e. The van der Waals surface area contributed by atoms with Crippen molar-refractivity contribution in [3.05, 3.63) is 64.3 Å². The van der Waals surface area contributed by atoms with Crippen LogP contribution >= 0.6 is 11.6 Å². The standard InChI is InChI=1S/C24H25ClN2O6/c1-3-32-24(30)20-15(12-31-2)18-19-16(26-21(18)22(27-20)23(28)29)8-5-9-17(19)33-11-13-6-4-7-14(25)10-13/h4-10,15,20,22,26-27H,3,11-12H2,1-2H3,(H,28,29). The van der Waals surface area contributed by atoms with Gasteiger partial charge in [-0.25, -0.2) is 0 Å². The molecule has 33 heavy (non-hydrogen) atoms. The number of carboxylic acid groups (broad SMARTS) is 1. The molecule has 0 radical (unpaired) electrons. The van der Waals surface area contributed by atoms with Gasteiger partial charge in [-0.05, 0) is 42.3 Å². The fourth-order valence-corrected chi connectivity index (χ4v) is 4.56. The minimum absolute atomic E-state index is 0.184. The number of methoxy groups -OCH3 is 1. The second kappa shape index (κ2) is 9.82. The summed E-state index contributed by atoms with van der Waals surface area (Å²) in [6.45, 7) is 2.35. The zero-order chi connectivity index (χ0) is 23.5. The van der Waals surface area contributed by atoms with Crippen molar-refractivity contribution in [1.82, 2.24) is 10.3 Å². The van der Waals surface area contributed by atoms with Crippen molar-refractivity contribution in [2.24, 2.45) is 0 Å². The molecule has 0 fully saturated rings. The zero-order valence-corrected chi connectivity index (χ0v) is 19.0. The Balaban J connectivity index is 1.82. The number of esters is 1. The monoisotopic (exact) mass is 472 g/mol. The van der Waals surface area contributed by atoms with Crippen molar-refractivity contribution in [3.63, 3.8) is 0 Å². The van der Waals surface area contributed by atoms with Crippen molar-refractivity contribution >= 4 is 34.4 Å². The van der Waals surface area contributed by atoms with Crippen molar-refractivity contribution in [2.75, 3.05) is 20.3 Å². The third-order valence-electron chi connectivity index (χ3n) is 5.68. The van der Waals surface area contributed by atoms with E-state index >= 15 is 0 Å². The Kier molecular flexibility index (Phi) is 6.88. The van der Waals surface area contributed by atoms with Crippen LogP contribution in [0.1, 0.15) is 35.7 Å².